The largest absolute Gasteiger partial charge is 0.490 e. The molecule has 142 valence electrons. The van der Waals surface area contributed by atoms with Gasteiger partial charge in [0.25, 0.3) is 0 Å². The van der Waals surface area contributed by atoms with E-state index in [0.717, 1.165) is 41.5 Å². The van der Waals surface area contributed by atoms with Crippen LogP contribution in [0, 0.1) is 0 Å². The molecule has 26 heavy (non-hydrogen) atoms. The molecule has 0 saturated carbocycles. The van der Waals surface area contributed by atoms with Gasteiger partial charge in [0.15, 0.2) is 11.5 Å². The Morgan fingerprint density at radius 3 is 2.69 bits per heavy atom. The molecule has 2 N–H and O–H groups in total. The van der Waals surface area contributed by atoms with Crippen LogP contribution in [0.1, 0.15) is 30.9 Å². The first-order chi connectivity index (χ1) is 12.7. The maximum absolute atomic E-state index is 8.82. The predicted molar refractivity (Wildman–Crippen MR) is 109 cm³/mol. The molecule has 0 atom stereocenters. The number of hydrogen-bond donors (Lipinski definition) is 2. The zero-order valence-corrected chi connectivity index (χ0v) is 17.3. The highest BCUT2D eigenvalue weighted by atomic mass is 79.9. The molecule has 0 bridgehead atoms. The second-order valence-corrected chi connectivity index (χ2v) is 7.09. The lowest BCUT2D eigenvalue weighted by Gasteiger charge is -2.16. The van der Waals surface area contributed by atoms with Crippen molar-refractivity contribution in [3.63, 3.8) is 0 Å². The van der Waals surface area contributed by atoms with Gasteiger partial charge in [-0.05, 0) is 66.0 Å². The molecule has 0 saturated heterocycles. The van der Waals surface area contributed by atoms with Crippen molar-refractivity contribution in [3.8, 4) is 11.5 Å². The minimum Gasteiger partial charge on any atom is -0.490 e. The van der Waals surface area contributed by atoms with Gasteiger partial charge in [-0.15, -0.1) is 0 Å². The van der Waals surface area contributed by atoms with Crippen LogP contribution in [0.5, 0.6) is 11.5 Å². The fourth-order valence-corrected chi connectivity index (χ4v) is 3.28. The van der Waals surface area contributed by atoms with Gasteiger partial charge in [-0.25, -0.2) is 0 Å². The third-order valence-electron chi connectivity index (χ3n) is 3.79. The quantitative estimate of drug-likeness (QED) is 0.484. The minimum atomic E-state index is 0.235. The van der Waals surface area contributed by atoms with E-state index in [1.807, 2.05) is 43.3 Å². The highest BCUT2D eigenvalue weighted by Gasteiger charge is 2.13. The van der Waals surface area contributed by atoms with Gasteiger partial charge in [0, 0.05) is 23.7 Å². The normalized spacial score (nSPS) is 10.8. The lowest BCUT2D eigenvalue weighted by Crippen LogP contribution is -2.15. The van der Waals surface area contributed by atoms with Crippen LogP contribution in [-0.2, 0) is 13.2 Å². The summed E-state index contributed by atoms with van der Waals surface area (Å²) in [4.78, 5) is 0. The van der Waals surface area contributed by atoms with E-state index in [1.165, 1.54) is 0 Å². The summed E-state index contributed by atoms with van der Waals surface area (Å²) in [5.41, 5.74) is 2.03. The predicted octanol–water partition coefficient (Wildman–Crippen LogP) is 4.94. The number of unbranched alkanes of at least 4 members (excludes halogenated alkanes) is 1. The van der Waals surface area contributed by atoms with E-state index < -0.39 is 0 Å². The highest BCUT2D eigenvalue weighted by Crippen LogP contribution is 2.37. The van der Waals surface area contributed by atoms with Crippen molar-refractivity contribution in [1.82, 2.24) is 5.32 Å². The molecule has 0 unspecified atom stereocenters. The minimum absolute atomic E-state index is 0.235. The van der Waals surface area contributed by atoms with Gasteiger partial charge in [0.1, 0.15) is 6.61 Å². The van der Waals surface area contributed by atoms with Gasteiger partial charge < -0.3 is 19.9 Å². The van der Waals surface area contributed by atoms with Crippen molar-refractivity contribution in [3.05, 3.63) is 57.0 Å². The molecule has 0 aliphatic heterocycles. The first-order valence-electron chi connectivity index (χ1n) is 8.78. The number of aliphatic hydroxyl groups is 1. The van der Waals surface area contributed by atoms with Gasteiger partial charge in [0.05, 0.1) is 11.1 Å². The van der Waals surface area contributed by atoms with E-state index in [9.17, 15) is 0 Å². The van der Waals surface area contributed by atoms with Gasteiger partial charge >= 0.3 is 0 Å². The first kappa shape index (κ1) is 21.0. The molecule has 2 aromatic carbocycles. The average molecular weight is 443 g/mol. The van der Waals surface area contributed by atoms with Crippen molar-refractivity contribution < 1.29 is 14.6 Å². The number of halogens is 2. The van der Waals surface area contributed by atoms with Crippen LogP contribution in [0.25, 0.3) is 0 Å². The van der Waals surface area contributed by atoms with Crippen LogP contribution in [0.15, 0.2) is 40.9 Å². The number of benzene rings is 2. The van der Waals surface area contributed by atoms with E-state index in [0.29, 0.717) is 29.7 Å². The van der Waals surface area contributed by atoms with Gasteiger partial charge in [-0.2, -0.15) is 0 Å². The average Bonchev–Trinajstić information content (AvgIpc) is 2.62. The Morgan fingerprint density at radius 2 is 1.96 bits per heavy atom. The third-order valence-corrected chi connectivity index (χ3v) is 4.75. The van der Waals surface area contributed by atoms with Crippen LogP contribution in [0.2, 0.25) is 5.02 Å². The molecule has 2 rings (SSSR count). The molecular weight excluding hydrogens is 418 g/mol. The summed E-state index contributed by atoms with van der Waals surface area (Å²) in [5, 5.41) is 12.9. The van der Waals surface area contributed by atoms with Crippen molar-refractivity contribution in [2.45, 2.75) is 32.9 Å². The highest BCUT2D eigenvalue weighted by molar-refractivity contribution is 9.10. The summed E-state index contributed by atoms with van der Waals surface area (Å²) in [6.07, 6.45) is 1.77. The molecule has 0 radical (unpaired) electrons. The second-order valence-electron chi connectivity index (χ2n) is 5.83. The molecule has 0 aliphatic rings. The molecule has 4 nitrogen and oxygen atoms in total. The molecule has 6 heteroatoms. The third kappa shape index (κ3) is 6.47. The lowest BCUT2D eigenvalue weighted by atomic mass is 10.2. The molecule has 0 aromatic heterocycles. The van der Waals surface area contributed by atoms with E-state index >= 15 is 0 Å². The van der Waals surface area contributed by atoms with Crippen molar-refractivity contribution in [2.75, 3.05) is 19.8 Å². The van der Waals surface area contributed by atoms with E-state index in [-0.39, 0.29) is 6.61 Å². The summed E-state index contributed by atoms with van der Waals surface area (Å²) >= 11 is 9.80. The fourth-order valence-electron chi connectivity index (χ4n) is 2.49. The smallest absolute Gasteiger partial charge is 0.175 e. The Morgan fingerprint density at radius 1 is 1.15 bits per heavy atom. The molecular formula is C20H25BrClNO3. The van der Waals surface area contributed by atoms with Crippen LogP contribution < -0.4 is 14.8 Å². The van der Waals surface area contributed by atoms with E-state index in [4.69, 9.17) is 26.2 Å². The number of rotatable bonds is 11. The summed E-state index contributed by atoms with van der Waals surface area (Å²) in [5.74, 6) is 1.39. The zero-order chi connectivity index (χ0) is 18.8. The lowest BCUT2D eigenvalue weighted by molar-refractivity contribution is 0.267. The van der Waals surface area contributed by atoms with Gasteiger partial charge in [0.2, 0.25) is 0 Å². The Balaban J connectivity index is 2.06. The summed E-state index contributed by atoms with van der Waals surface area (Å²) in [6, 6.07) is 11.7. The Labute approximate surface area is 168 Å². The Hall–Kier alpha value is -1.27. The summed E-state index contributed by atoms with van der Waals surface area (Å²) in [6.45, 7) is 4.71. The second kappa shape index (κ2) is 11.4. The molecule has 0 amide bonds. The molecule has 0 aliphatic carbocycles. The first-order valence-corrected chi connectivity index (χ1v) is 9.95. The van der Waals surface area contributed by atoms with Gasteiger partial charge in [-0.1, -0.05) is 29.8 Å². The Bertz CT molecular complexity index is 697. The van der Waals surface area contributed by atoms with E-state index in [2.05, 4.69) is 21.2 Å². The maximum atomic E-state index is 8.82. The zero-order valence-electron chi connectivity index (χ0n) is 14.9. The number of nitrogens with one attached hydrogen (secondary N) is 1. The SMILES string of the molecule is CCOc1cc(CNCCCCO)cc(Br)c1OCc1ccccc1Cl. The molecule has 0 heterocycles. The van der Waals surface area contributed by atoms with Crippen molar-refractivity contribution in [1.29, 1.82) is 0 Å². The summed E-state index contributed by atoms with van der Waals surface area (Å²) in [7, 11) is 0. The van der Waals surface area contributed by atoms with Crippen molar-refractivity contribution >= 4 is 27.5 Å². The van der Waals surface area contributed by atoms with Gasteiger partial charge in [-0.3, -0.25) is 0 Å². The number of ether oxygens (including phenoxy) is 2. The fraction of sp³-hybridized carbons (Fsp3) is 0.400. The molecule has 0 spiro atoms. The summed E-state index contributed by atoms with van der Waals surface area (Å²) < 4.78 is 12.6. The van der Waals surface area contributed by atoms with Crippen LogP contribution in [-0.4, -0.2) is 24.9 Å². The van der Waals surface area contributed by atoms with Crippen LogP contribution in [0.4, 0.5) is 0 Å². The molecule has 2 aromatic rings. The van der Waals surface area contributed by atoms with Crippen LogP contribution in [0.3, 0.4) is 0 Å². The topological polar surface area (TPSA) is 50.7 Å². The van der Waals surface area contributed by atoms with E-state index in [1.54, 1.807) is 0 Å². The standard InChI is InChI=1S/C20H25BrClNO3/c1-2-25-19-12-15(13-23-9-5-6-10-24)11-17(21)20(19)26-14-16-7-3-4-8-18(16)22/h3-4,7-8,11-12,23-24H,2,5-6,9-10,13-14H2,1H3. The number of aliphatic hydroxyl groups excluding tert-OH is 1. The monoisotopic (exact) mass is 441 g/mol. The van der Waals surface area contributed by atoms with Crippen molar-refractivity contribution in [2.24, 2.45) is 0 Å². The molecule has 0 fully saturated rings. The number of hydrogen-bond acceptors (Lipinski definition) is 4. The van der Waals surface area contributed by atoms with Crippen LogP contribution >= 0.6 is 27.5 Å². The Kier molecular flexibility index (Phi) is 9.26. The maximum Gasteiger partial charge on any atom is 0.175 e.